The van der Waals surface area contributed by atoms with Crippen molar-refractivity contribution in [2.75, 3.05) is 30.1 Å². The van der Waals surface area contributed by atoms with Crippen molar-refractivity contribution in [2.45, 2.75) is 48.5 Å². The van der Waals surface area contributed by atoms with E-state index in [1.807, 2.05) is 6.92 Å². The summed E-state index contributed by atoms with van der Waals surface area (Å²) in [6.07, 6.45) is 3.00. The Morgan fingerprint density at radius 2 is 1.83 bits per heavy atom. The molecule has 0 aliphatic carbocycles. The van der Waals surface area contributed by atoms with E-state index in [0.29, 0.717) is 28.5 Å². The summed E-state index contributed by atoms with van der Waals surface area (Å²) in [5.41, 5.74) is 1.58. The van der Waals surface area contributed by atoms with Gasteiger partial charge in [0.2, 0.25) is 5.91 Å². The molecule has 0 radical (unpaired) electrons. The van der Waals surface area contributed by atoms with Gasteiger partial charge in [-0.15, -0.1) is 0 Å². The largest absolute Gasteiger partial charge is 0.376 e. The van der Waals surface area contributed by atoms with Crippen molar-refractivity contribution in [3.8, 4) is 0 Å². The fraction of sp³-hybridized carbons (Fsp3) is 0.417. The Hall–Kier alpha value is -2.34. The van der Waals surface area contributed by atoms with Gasteiger partial charge in [0.05, 0.1) is 38.4 Å². The number of carbonyl (C=O) groups excluding carboxylic acids is 1. The number of ether oxygens (including phenoxy) is 1. The van der Waals surface area contributed by atoms with Crippen molar-refractivity contribution < 1.29 is 26.4 Å². The van der Waals surface area contributed by atoms with Crippen molar-refractivity contribution in [1.82, 2.24) is 4.98 Å². The zero-order chi connectivity index (χ0) is 25.2. The van der Waals surface area contributed by atoms with Crippen LogP contribution < -0.4 is 4.90 Å². The van der Waals surface area contributed by atoms with Crippen LogP contribution in [-0.4, -0.2) is 59.0 Å². The van der Waals surface area contributed by atoms with Crippen molar-refractivity contribution in [1.29, 1.82) is 0 Å². The normalized spacial score (nSPS) is 16.6. The van der Waals surface area contributed by atoms with Crippen LogP contribution in [0, 0.1) is 6.92 Å². The highest BCUT2D eigenvalue weighted by Crippen LogP contribution is 2.32. The number of aromatic nitrogens is 1. The molecule has 0 bridgehead atoms. The third-order valence-corrected chi connectivity index (χ3v) is 9.87. The summed E-state index contributed by atoms with van der Waals surface area (Å²) in [6, 6.07) is 11.4. The number of amides is 1. The van der Waals surface area contributed by atoms with Crippen molar-refractivity contribution in [2.24, 2.45) is 0 Å². The van der Waals surface area contributed by atoms with E-state index in [-0.39, 0.29) is 40.4 Å². The summed E-state index contributed by atoms with van der Waals surface area (Å²) in [5, 5.41) is 0.451. The molecule has 0 saturated carbocycles. The number of anilines is 1. The Morgan fingerprint density at radius 3 is 2.49 bits per heavy atom. The second kappa shape index (κ2) is 10.3. The molecule has 35 heavy (non-hydrogen) atoms. The Kier molecular flexibility index (Phi) is 7.60. The summed E-state index contributed by atoms with van der Waals surface area (Å²) in [7, 11) is -6.86. The molecule has 1 aliphatic rings. The summed E-state index contributed by atoms with van der Waals surface area (Å²) in [5.74, 6) is -0.366. The van der Waals surface area contributed by atoms with Crippen molar-refractivity contribution in [3.05, 3.63) is 48.0 Å². The van der Waals surface area contributed by atoms with Crippen LogP contribution in [0.2, 0.25) is 0 Å². The van der Waals surface area contributed by atoms with Crippen LogP contribution in [0.1, 0.15) is 31.2 Å². The fourth-order valence-corrected chi connectivity index (χ4v) is 6.99. The van der Waals surface area contributed by atoms with Gasteiger partial charge in [-0.2, -0.15) is 0 Å². The Bertz CT molecular complexity index is 1420. The molecule has 188 valence electrons. The second-order valence-corrected chi connectivity index (χ2v) is 13.9. The van der Waals surface area contributed by atoms with E-state index in [1.165, 1.54) is 17.4 Å². The van der Waals surface area contributed by atoms with E-state index in [2.05, 4.69) is 4.98 Å². The molecule has 0 spiro atoms. The van der Waals surface area contributed by atoms with Crippen LogP contribution in [0.5, 0.6) is 0 Å². The van der Waals surface area contributed by atoms with Gasteiger partial charge in [-0.05, 0) is 56.5 Å². The highest BCUT2D eigenvalue weighted by atomic mass is 32.2. The summed E-state index contributed by atoms with van der Waals surface area (Å²) in [6.45, 7) is 2.85. The zero-order valence-corrected chi connectivity index (χ0v) is 22.1. The molecular formula is C24H28N2O6S3. The van der Waals surface area contributed by atoms with E-state index in [1.54, 1.807) is 41.3 Å². The molecule has 3 aromatic rings. The van der Waals surface area contributed by atoms with Gasteiger partial charge in [0, 0.05) is 19.3 Å². The highest BCUT2D eigenvalue weighted by molar-refractivity contribution is 7.91. The minimum atomic E-state index is -3.49. The zero-order valence-electron chi connectivity index (χ0n) is 19.6. The van der Waals surface area contributed by atoms with Gasteiger partial charge < -0.3 is 4.74 Å². The van der Waals surface area contributed by atoms with Crippen LogP contribution in [0.4, 0.5) is 5.13 Å². The predicted molar refractivity (Wildman–Crippen MR) is 137 cm³/mol. The molecule has 8 nitrogen and oxygen atoms in total. The first kappa shape index (κ1) is 25.7. The second-order valence-electron chi connectivity index (χ2n) is 8.77. The van der Waals surface area contributed by atoms with E-state index >= 15 is 0 Å². The molecule has 2 heterocycles. The standard InChI is InChI=1S/C24H28N2O6S3/c1-17-7-9-19(10-8-17)35(30,31)14-4-6-23(27)26(16-18-5-3-13-32-18)24-25-21-12-11-20(34(2,28)29)15-22(21)33-24/h7-12,15,18H,3-6,13-14,16H2,1-2H3. The van der Waals surface area contributed by atoms with Gasteiger partial charge in [0.25, 0.3) is 0 Å². The van der Waals surface area contributed by atoms with Gasteiger partial charge in [0.15, 0.2) is 24.8 Å². The van der Waals surface area contributed by atoms with Crippen LogP contribution in [0.3, 0.4) is 0 Å². The molecule has 11 heteroatoms. The fourth-order valence-electron chi connectivity index (χ4n) is 3.93. The van der Waals surface area contributed by atoms with Crippen LogP contribution in [-0.2, 0) is 29.2 Å². The molecule has 1 amide bonds. The van der Waals surface area contributed by atoms with E-state index in [4.69, 9.17) is 4.74 Å². The molecule has 1 aromatic heterocycles. The molecule has 4 rings (SSSR count). The molecule has 2 aromatic carbocycles. The van der Waals surface area contributed by atoms with Crippen molar-refractivity contribution in [3.63, 3.8) is 0 Å². The first-order valence-electron chi connectivity index (χ1n) is 11.3. The predicted octanol–water partition coefficient (Wildman–Crippen LogP) is 3.77. The lowest BCUT2D eigenvalue weighted by Crippen LogP contribution is -2.37. The van der Waals surface area contributed by atoms with Gasteiger partial charge >= 0.3 is 0 Å². The molecule has 0 N–H and O–H groups in total. The first-order chi connectivity index (χ1) is 16.5. The minimum absolute atomic E-state index is 0.0440. The van der Waals surface area contributed by atoms with Gasteiger partial charge in [-0.25, -0.2) is 21.8 Å². The maximum Gasteiger partial charge on any atom is 0.228 e. The summed E-state index contributed by atoms with van der Waals surface area (Å²) in [4.78, 5) is 19.8. The van der Waals surface area contributed by atoms with E-state index in [9.17, 15) is 21.6 Å². The summed E-state index contributed by atoms with van der Waals surface area (Å²) >= 11 is 1.24. The summed E-state index contributed by atoms with van der Waals surface area (Å²) < 4.78 is 55.6. The van der Waals surface area contributed by atoms with Crippen molar-refractivity contribution >= 4 is 52.3 Å². The van der Waals surface area contributed by atoms with Gasteiger partial charge in [-0.1, -0.05) is 29.0 Å². The van der Waals surface area contributed by atoms with E-state index in [0.717, 1.165) is 24.7 Å². The Labute approximate surface area is 209 Å². The smallest absolute Gasteiger partial charge is 0.228 e. The average Bonchev–Trinajstić information content (AvgIpc) is 3.46. The molecule has 1 unspecified atom stereocenters. The third kappa shape index (κ3) is 6.27. The van der Waals surface area contributed by atoms with Crippen LogP contribution >= 0.6 is 11.3 Å². The number of fused-ring (bicyclic) bond motifs is 1. The lowest BCUT2D eigenvalue weighted by atomic mass is 10.2. The number of aryl methyl sites for hydroxylation is 1. The molecule has 1 fully saturated rings. The molecular weight excluding hydrogens is 508 g/mol. The minimum Gasteiger partial charge on any atom is -0.376 e. The van der Waals surface area contributed by atoms with Crippen LogP contribution in [0.15, 0.2) is 52.3 Å². The third-order valence-electron chi connectivity index (χ3n) is 5.90. The van der Waals surface area contributed by atoms with Gasteiger partial charge in [0.1, 0.15) is 0 Å². The molecule has 1 aliphatic heterocycles. The first-order valence-corrected chi connectivity index (χ1v) is 15.7. The SMILES string of the molecule is Cc1ccc(S(=O)(=O)CCCC(=O)N(CC2CCCO2)c2nc3ccc(S(C)(=O)=O)cc3s2)cc1. The van der Waals surface area contributed by atoms with E-state index < -0.39 is 19.7 Å². The number of nitrogens with zero attached hydrogens (tertiary/aromatic N) is 2. The maximum atomic E-state index is 13.2. The lowest BCUT2D eigenvalue weighted by molar-refractivity contribution is -0.119. The highest BCUT2D eigenvalue weighted by Gasteiger charge is 2.27. The number of rotatable bonds is 9. The number of sulfone groups is 2. The average molecular weight is 537 g/mol. The van der Waals surface area contributed by atoms with Crippen LogP contribution in [0.25, 0.3) is 10.2 Å². The number of carbonyl (C=O) groups is 1. The number of hydrogen-bond acceptors (Lipinski definition) is 8. The monoisotopic (exact) mass is 536 g/mol. The van der Waals surface area contributed by atoms with Gasteiger partial charge in [-0.3, -0.25) is 9.69 Å². The Morgan fingerprint density at radius 1 is 1.11 bits per heavy atom. The number of thiazole rings is 1. The molecule has 1 saturated heterocycles. The number of hydrogen-bond donors (Lipinski definition) is 0. The molecule has 1 atom stereocenters. The number of benzene rings is 2. The maximum absolute atomic E-state index is 13.2. The quantitative estimate of drug-likeness (QED) is 0.409. The lowest BCUT2D eigenvalue weighted by Gasteiger charge is -2.23. The topological polar surface area (TPSA) is 111 Å². The Balaban J connectivity index is 1.52.